The fraction of sp³-hybridized carbons (Fsp3) is 0.0714. The van der Waals surface area contributed by atoms with Crippen molar-refractivity contribution in [2.75, 3.05) is 0 Å². The van der Waals surface area contributed by atoms with Crippen LogP contribution in [0.2, 0.25) is 0 Å². The summed E-state index contributed by atoms with van der Waals surface area (Å²) in [4.78, 5) is 3.46. The third kappa shape index (κ3) is 2.15. The van der Waals surface area contributed by atoms with Crippen LogP contribution in [0.5, 0.6) is 0 Å². The molecule has 2 nitrogen and oxygen atoms in total. The van der Waals surface area contributed by atoms with Gasteiger partial charge in [0.05, 0.1) is 5.52 Å². The monoisotopic (exact) mass is 241 g/mol. The lowest BCUT2D eigenvalue weighted by atomic mass is 10.0. The fourth-order valence-electron chi connectivity index (χ4n) is 1.94. The van der Waals surface area contributed by atoms with E-state index >= 15 is 0 Å². The molecule has 0 amide bonds. The highest BCUT2D eigenvalue weighted by molar-refractivity contribution is 7.71. The Morgan fingerprint density at radius 3 is 2.65 bits per heavy atom. The number of benzene rings is 2. The Bertz CT molecular complexity index is 697. The third-order valence-electron chi connectivity index (χ3n) is 2.73. The Kier molecular flexibility index (Phi) is 2.53. The van der Waals surface area contributed by atoms with Gasteiger partial charge < -0.3 is 9.40 Å². The average molecular weight is 241 g/mol. The Hall–Kier alpha value is -1.87. The maximum Gasteiger partial charge on any atom is 0.266 e. The molecule has 0 saturated heterocycles. The van der Waals surface area contributed by atoms with Crippen LogP contribution < -0.4 is 0 Å². The molecule has 2 aromatic carbocycles. The largest absolute Gasteiger partial charge is 0.429 e. The van der Waals surface area contributed by atoms with Crippen LogP contribution in [-0.2, 0) is 6.42 Å². The van der Waals surface area contributed by atoms with Crippen LogP contribution in [0.15, 0.2) is 52.9 Å². The molecule has 0 fully saturated rings. The summed E-state index contributed by atoms with van der Waals surface area (Å²) in [6.07, 6.45) is 0.919. The molecular weight excluding hydrogens is 230 g/mol. The highest BCUT2D eigenvalue weighted by atomic mass is 32.1. The summed E-state index contributed by atoms with van der Waals surface area (Å²) in [5, 5.41) is 0. The first-order valence-corrected chi connectivity index (χ1v) is 5.88. The molecule has 0 atom stereocenters. The lowest BCUT2D eigenvalue weighted by Gasteiger charge is -2.01. The Labute approximate surface area is 104 Å². The molecule has 0 bridgehead atoms. The van der Waals surface area contributed by atoms with E-state index in [1.807, 2.05) is 12.1 Å². The molecule has 3 heteroatoms. The highest BCUT2D eigenvalue weighted by Gasteiger charge is 2.01. The summed E-state index contributed by atoms with van der Waals surface area (Å²) in [5.74, 6) is 0. The second-order valence-electron chi connectivity index (χ2n) is 4.01. The van der Waals surface area contributed by atoms with Crippen molar-refractivity contribution in [1.29, 1.82) is 0 Å². The van der Waals surface area contributed by atoms with Crippen molar-refractivity contribution in [1.82, 2.24) is 4.98 Å². The van der Waals surface area contributed by atoms with Crippen molar-refractivity contribution in [2.24, 2.45) is 0 Å². The van der Waals surface area contributed by atoms with Gasteiger partial charge in [-0.05, 0) is 41.9 Å². The molecule has 3 aromatic rings. The summed E-state index contributed by atoms with van der Waals surface area (Å²) in [6, 6.07) is 16.5. The smallest absolute Gasteiger partial charge is 0.266 e. The molecule has 0 unspecified atom stereocenters. The number of hydrogen-bond donors (Lipinski definition) is 1. The van der Waals surface area contributed by atoms with Crippen molar-refractivity contribution >= 4 is 23.3 Å². The minimum absolute atomic E-state index is 0.428. The molecule has 1 heterocycles. The first-order valence-electron chi connectivity index (χ1n) is 5.47. The highest BCUT2D eigenvalue weighted by Crippen LogP contribution is 2.17. The van der Waals surface area contributed by atoms with Gasteiger partial charge in [-0.3, -0.25) is 0 Å². The predicted octanol–water partition coefficient (Wildman–Crippen LogP) is 4.08. The molecule has 84 valence electrons. The van der Waals surface area contributed by atoms with Gasteiger partial charge in [0.1, 0.15) is 0 Å². The summed E-state index contributed by atoms with van der Waals surface area (Å²) >= 11 is 4.96. The standard InChI is InChI=1S/C14H11NOS/c17-14-15-12-9-11(6-7-13(12)16-14)8-10-4-2-1-3-5-10/h1-7,9H,8H2,(H,15,17). The van der Waals surface area contributed by atoms with Crippen LogP contribution in [0.1, 0.15) is 11.1 Å². The van der Waals surface area contributed by atoms with Gasteiger partial charge in [0.15, 0.2) is 5.58 Å². The van der Waals surface area contributed by atoms with Gasteiger partial charge in [0.2, 0.25) is 0 Å². The van der Waals surface area contributed by atoms with Crippen LogP contribution in [0.3, 0.4) is 0 Å². The van der Waals surface area contributed by atoms with E-state index < -0.39 is 0 Å². The fourth-order valence-corrected chi connectivity index (χ4v) is 2.14. The van der Waals surface area contributed by atoms with Gasteiger partial charge in [0, 0.05) is 0 Å². The lowest BCUT2D eigenvalue weighted by molar-refractivity contribution is 0.583. The van der Waals surface area contributed by atoms with E-state index in [1.165, 1.54) is 11.1 Å². The maximum absolute atomic E-state index is 5.33. The molecule has 0 aliphatic heterocycles. The van der Waals surface area contributed by atoms with Crippen molar-refractivity contribution in [3.05, 3.63) is 64.5 Å². The van der Waals surface area contributed by atoms with Gasteiger partial charge in [-0.2, -0.15) is 0 Å². The van der Waals surface area contributed by atoms with Gasteiger partial charge >= 0.3 is 0 Å². The minimum atomic E-state index is 0.428. The molecule has 0 aliphatic carbocycles. The zero-order chi connectivity index (χ0) is 11.7. The SMILES string of the molecule is S=c1[nH]c2cc(Cc3ccccc3)ccc2o1. The van der Waals surface area contributed by atoms with Crippen molar-refractivity contribution < 1.29 is 4.42 Å². The first kappa shape index (κ1) is 10.3. The first-order chi connectivity index (χ1) is 8.31. The Morgan fingerprint density at radius 2 is 1.82 bits per heavy atom. The van der Waals surface area contributed by atoms with E-state index in [-0.39, 0.29) is 0 Å². The van der Waals surface area contributed by atoms with E-state index in [0.717, 1.165) is 17.5 Å². The summed E-state index contributed by atoms with van der Waals surface area (Å²) in [7, 11) is 0. The van der Waals surface area contributed by atoms with Crippen LogP contribution in [0.25, 0.3) is 11.1 Å². The Morgan fingerprint density at radius 1 is 1.00 bits per heavy atom. The van der Waals surface area contributed by atoms with E-state index in [9.17, 15) is 0 Å². The summed E-state index contributed by atoms with van der Waals surface area (Å²) in [6.45, 7) is 0. The van der Waals surface area contributed by atoms with E-state index in [2.05, 4.69) is 41.4 Å². The lowest BCUT2D eigenvalue weighted by Crippen LogP contribution is -1.87. The number of aromatic nitrogens is 1. The van der Waals surface area contributed by atoms with E-state index in [4.69, 9.17) is 16.6 Å². The molecule has 0 aliphatic rings. The number of nitrogens with one attached hydrogen (secondary N) is 1. The van der Waals surface area contributed by atoms with Gasteiger partial charge in [-0.15, -0.1) is 0 Å². The van der Waals surface area contributed by atoms with Crippen molar-refractivity contribution in [3.8, 4) is 0 Å². The normalized spacial score (nSPS) is 10.8. The van der Waals surface area contributed by atoms with Crippen molar-refractivity contribution in [3.63, 3.8) is 0 Å². The molecule has 0 saturated carbocycles. The number of oxazole rings is 1. The van der Waals surface area contributed by atoms with Gasteiger partial charge in [-0.1, -0.05) is 36.4 Å². The maximum atomic E-state index is 5.33. The molecule has 17 heavy (non-hydrogen) atoms. The molecule has 0 radical (unpaired) electrons. The van der Waals surface area contributed by atoms with Crippen LogP contribution >= 0.6 is 12.2 Å². The number of hydrogen-bond acceptors (Lipinski definition) is 2. The quantitative estimate of drug-likeness (QED) is 0.685. The zero-order valence-electron chi connectivity index (χ0n) is 9.14. The van der Waals surface area contributed by atoms with E-state index in [0.29, 0.717) is 4.84 Å². The molecule has 1 N–H and O–H groups in total. The Balaban J connectivity index is 1.98. The molecule has 3 rings (SSSR count). The summed E-state index contributed by atoms with van der Waals surface area (Å²) in [5.41, 5.74) is 4.32. The minimum Gasteiger partial charge on any atom is -0.429 e. The summed E-state index contributed by atoms with van der Waals surface area (Å²) < 4.78 is 5.33. The molecule has 1 aromatic heterocycles. The van der Waals surface area contributed by atoms with Crippen LogP contribution in [-0.4, -0.2) is 4.98 Å². The number of H-pyrrole nitrogens is 1. The van der Waals surface area contributed by atoms with Gasteiger partial charge in [0.25, 0.3) is 4.84 Å². The third-order valence-corrected chi connectivity index (χ3v) is 2.92. The number of rotatable bonds is 2. The second-order valence-corrected chi connectivity index (χ2v) is 4.38. The number of fused-ring (bicyclic) bond motifs is 1. The van der Waals surface area contributed by atoms with Crippen molar-refractivity contribution in [2.45, 2.75) is 6.42 Å². The molecule has 0 spiro atoms. The topological polar surface area (TPSA) is 28.9 Å². The average Bonchev–Trinajstić information content (AvgIpc) is 2.70. The van der Waals surface area contributed by atoms with Crippen LogP contribution in [0, 0.1) is 4.84 Å². The van der Waals surface area contributed by atoms with Crippen LogP contribution in [0.4, 0.5) is 0 Å². The zero-order valence-corrected chi connectivity index (χ0v) is 9.96. The predicted molar refractivity (Wildman–Crippen MR) is 70.6 cm³/mol. The molecular formula is C14H11NOS. The van der Waals surface area contributed by atoms with Gasteiger partial charge in [-0.25, -0.2) is 0 Å². The number of aromatic amines is 1. The second kappa shape index (κ2) is 4.18. The van der Waals surface area contributed by atoms with E-state index in [1.54, 1.807) is 0 Å².